The fourth-order valence-electron chi connectivity index (χ4n) is 2.47. The van der Waals surface area contributed by atoms with Crippen molar-refractivity contribution in [2.24, 2.45) is 0 Å². The van der Waals surface area contributed by atoms with Crippen molar-refractivity contribution in [1.29, 1.82) is 0 Å². The number of aliphatic hydroxyl groups is 1. The molecule has 0 bridgehead atoms. The van der Waals surface area contributed by atoms with E-state index in [1.165, 1.54) is 57.8 Å². The normalized spacial score (nSPS) is 11.0. The summed E-state index contributed by atoms with van der Waals surface area (Å²) < 4.78 is 5.10. The third kappa shape index (κ3) is 17.4. The van der Waals surface area contributed by atoms with Gasteiger partial charge in [0.25, 0.3) is 0 Å². The molecule has 126 valence electrons. The van der Waals surface area contributed by atoms with Gasteiger partial charge in [-0.1, -0.05) is 64.2 Å². The van der Waals surface area contributed by atoms with Crippen LogP contribution in [0.4, 0.5) is 0 Å². The van der Waals surface area contributed by atoms with E-state index in [1.54, 1.807) is 0 Å². The van der Waals surface area contributed by atoms with Crippen LogP contribution in [0.3, 0.4) is 0 Å². The first-order valence-corrected chi connectivity index (χ1v) is 8.97. The van der Waals surface area contributed by atoms with Crippen LogP contribution in [0.1, 0.15) is 97.3 Å². The molecule has 3 nitrogen and oxygen atoms in total. The lowest BCUT2D eigenvalue weighted by Gasteiger charge is -2.07. The third-order valence-electron chi connectivity index (χ3n) is 3.66. The van der Waals surface area contributed by atoms with Crippen LogP contribution in [0.25, 0.3) is 0 Å². The number of esters is 1. The Hall–Kier alpha value is -0.570. The number of rotatable bonds is 15. The third-order valence-corrected chi connectivity index (χ3v) is 3.66. The fraction of sp³-hybridized carbons (Fsp3) is 0.944. The van der Waals surface area contributed by atoms with E-state index in [1.807, 2.05) is 13.8 Å². The fourth-order valence-corrected chi connectivity index (χ4v) is 2.47. The second-order valence-electron chi connectivity index (χ2n) is 6.25. The molecular weight excluding hydrogens is 264 g/mol. The summed E-state index contributed by atoms with van der Waals surface area (Å²) in [4.78, 5) is 11.3. The molecule has 0 atom stereocenters. The second-order valence-corrected chi connectivity index (χ2v) is 6.25. The molecule has 0 radical (unpaired) electrons. The Balaban J connectivity index is 3.07. The molecule has 0 aliphatic heterocycles. The molecule has 0 rings (SSSR count). The molecule has 0 fully saturated rings. The van der Waals surface area contributed by atoms with Crippen LogP contribution >= 0.6 is 0 Å². The topological polar surface area (TPSA) is 46.5 Å². The van der Waals surface area contributed by atoms with E-state index >= 15 is 0 Å². The lowest BCUT2D eigenvalue weighted by atomic mass is 10.0. The minimum Gasteiger partial charge on any atom is -0.463 e. The molecule has 0 aliphatic rings. The number of unbranched alkanes of at least 4 members (excludes halogenated alkanes) is 11. The summed E-state index contributed by atoms with van der Waals surface area (Å²) in [5, 5.41) is 8.67. The summed E-state index contributed by atoms with van der Waals surface area (Å²) in [5.41, 5.74) is 0. The zero-order valence-electron chi connectivity index (χ0n) is 14.2. The van der Waals surface area contributed by atoms with Crippen LogP contribution < -0.4 is 0 Å². The maximum atomic E-state index is 11.3. The summed E-state index contributed by atoms with van der Waals surface area (Å²) >= 11 is 0. The van der Waals surface area contributed by atoms with Gasteiger partial charge in [0, 0.05) is 13.0 Å². The standard InChI is InChI=1S/C18H36O3/c1-17(2)21-18(20)15-13-11-9-7-5-3-4-6-8-10-12-14-16-19/h17,19H,3-16H2,1-2H3. The van der Waals surface area contributed by atoms with Gasteiger partial charge in [-0.25, -0.2) is 0 Å². The van der Waals surface area contributed by atoms with Crippen molar-refractivity contribution in [3.8, 4) is 0 Å². The number of aliphatic hydroxyl groups excluding tert-OH is 1. The van der Waals surface area contributed by atoms with Crippen molar-refractivity contribution in [2.45, 2.75) is 103 Å². The molecular formula is C18H36O3. The predicted octanol–water partition coefficient (Wildman–Crippen LogP) is 5.00. The molecule has 21 heavy (non-hydrogen) atoms. The maximum absolute atomic E-state index is 11.3. The van der Waals surface area contributed by atoms with Gasteiger partial charge in [0.15, 0.2) is 0 Å². The summed E-state index contributed by atoms with van der Waals surface area (Å²) in [6.45, 7) is 4.13. The zero-order valence-corrected chi connectivity index (χ0v) is 14.2. The summed E-state index contributed by atoms with van der Waals surface area (Å²) in [6, 6.07) is 0. The van der Waals surface area contributed by atoms with Gasteiger partial charge in [-0.05, 0) is 26.7 Å². The van der Waals surface area contributed by atoms with Gasteiger partial charge in [-0.15, -0.1) is 0 Å². The molecule has 0 spiro atoms. The first-order chi connectivity index (χ1) is 10.2. The van der Waals surface area contributed by atoms with Crippen molar-refractivity contribution in [3.63, 3.8) is 0 Å². The minimum atomic E-state index is -0.0498. The van der Waals surface area contributed by atoms with Crippen LogP contribution in [-0.2, 0) is 9.53 Å². The molecule has 0 amide bonds. The van der Waals surface area contributed by atoms with E-state index in [-0.39, 0.29) is 12.1 Å². The van der Waals surface area contributed by atoms with Crippen LogP contribution in [0.15, 0.2) is 0 Å². The van der Waals surface area contributed by atoms with Crippen LogP contribution in [0.2, 0.25) is 0 Å². The Labute approximate surface area is 131 Å². The Morgan fingerprint density at radius 2 is 1.14 bits per heavy atom. The monoisotopic (exact) mass is 300 g/mol. The van der Waals surface area contributed by atoms with Gasteiger partial charge in [0.05, 0.1) is 6.10 Å². The first kappa shape index (κ1) is 20.4. The molecule has 0 aromatic carbocycles. The van der Waals surface area contributed by atoms with E-state index in [2.05, 4.69) is 0 Å². The quantitative estimate of drug-likeness (QED) is 0.342. The van der Waals surface area contributed by atoms with Gasteiger partial charge in [-0.3, -0.25) is 4.79 Å². The molecule has 1 N–H and O–H groups in total. The molecule has 0 unspecified atom stereocenters. The Morgan fingerprint density at radius 1 is 0.762 bits per heavy atom. The largest absolute Gasteiger partial charge is 0.463 e. The van der Waals surface area contributed by atoms with E-state index in [0.717, 1.165) is 19.3 Å². The minimum absolute atomic E-state index is 0.0149. The van der Waals surface area contributed by atoms with Crippen LogP contribution in [0, 0.1) is 0 Å². The van der Waals surface area contributed by atoms with Crippen LogP contribution in [-0.4, -0.2) is 23.8 Å². The SMILES string of the molecule is CC(C)OC(=O)CCCCCCCCCCCCCCO. The molecule has 0 aromatic heterocycles. The van der Waals surface area contributed by atoms with Crippen molar-refractivity contribution < 1.29 is 14.6 Å². The highest BCUT2D eigenvalue weighted by Crippen LogP contribution is 2.12. The van der Waals surface area contributed by atoms with Gasteiger partial charge in [0.1, 0.15) is 0 Å². The van der Waals surface area contributed by atoms with Crippen molar-refractivity contribution in [1.82, 2.24) is 0 Å². The first-order valence-electron chi connectivity index (χ1n) is 8.97. The highest BCUT2D eigenvalue weighted by molar-refractivity contribution is 5.69. The Bertz CT molecular complexity index is 227. The molecule has 3 heteroatoms. The van der Waals surface area contributed by atoms with Gasteiger partial charge < -0.3 is 9.84 Å². The Kier molecular flexibility index (Phi) is 15.4. The van der Waals surface area contributed by atoms with Gasteiger partial charge in [-0.2, -0.15) is 0 Å². The van der Waals surface area contributed by atoms with Crippen molar-refractivity contribution in [2.75, 3.05) is 6.61 Å². The second kappa shape index (κ2) is 15.8. The molecule has 0 heterocycles. The number of carbonyl (C=O) groups excluding carboxylic acids is 1. The van der Waals surface area contributed by atoms with Crippen LogP contribution in [0.5, 0.6) is 0 Å². The van der Waals surface area contributed by atoms with E-state index in [4.69, 9.17) is 9.84 Å². The number of hydrogen-bond acceptors (Lipinski definition) is 3. The lowest BCUT2D eigenvalue weighted by molar-refractivity contribution is -0.147. The highest BCUT2D eigenvalue weighted by atomic mass is 16.5. The molecule has 0 saturated heterocycles. The molecule has 0 aromatic rings. The van der Waals surface area contributed by atoms with Crippen molar-refractivity contribution in [3.05, 3.63) is 0 Å². The van der Waals surface area contributed by atoms with E-state index in [0.29, 0.717) is 13.0 Å². The summed E-state index contributed by atoms with van der Waals surface area (Å²) in [7, 11) is 0. The van der Waals surface area contributed by atoms with Gasteiger partial charge in [0.2, 0.25) is 0 Å². The van der Waals surface area contributed by atoms with Crippen molar-refractivity contribution >= 4 is 5.97 Å². The maximum Gasteiger partial charge on any atom is 0.306 e. The number of hydrogen-bond donors (Lipinski definition) is 1. The lowest BCUT2D eigenvalue weighted by Crippen LogP contribution is -2.10. The molecule has 0 aliphatic carbocycles. The molecule has 0 saturated carbocycles. The summed E-state index contributed by atoms with van der Waals surface area (Å²) in [6.07, 6.45) is 15.3. The predicted molar refractivity (Wildman–Crippen MR) is 88.3 cm³/mol. The smallest absolute Gasteiger partial charge is 0.306 e. The number of ether oxygens (including phenoxy) is 1. The highest BCUT2D eigenvalue weighted by Gasteiger charge is 2.04. The number of carbonyl (C=O) groups is 1. The average Bonchev–Trinajstić information content (AvgIpc) is 2.43. The average molecular weight is 300 g/mol. The van der Waals surface area contributed by atoms with E-state index < -0.39 is 0 Å². The van der Waals surface area contributed by atoms with E-state index in [9.17, 15) is 4.79 Å². The Morgan fingerprint density at radius 3 is 1.52 bits per heavy atom. The zero-order chi connectivity index (χ0) is 15.8. The van der Waals surface area contributed by atoms with Gasteiger partial charge >= 0.3 is 5.97 Å². The summed E-state index contributed by atoms with van der Waals surface area (Å²) in [5.74, 6) is -0.0498.